The fourth-order valence-electron chi connectivity index (χ4n) is 4.29. The van der Waals surface area contributed by atoms with Crippen molar-refractivity contribution in [3.8, 4) is 34.0 Å². The lowest BCUT2D eigenvalue weighted by atomic mass is 10.1. The molecule has 2 aromatic heterocycles. The Morgan fingerprint density at radius 3 is 2.27 bits per heavy atom. The monoisotopic (exact) mass is 787 g/mol. The molecule has 0 saturated carbocycles. The zero-order valence-corrected chi connectivity index (χ0v) is 27.3. The normalized spacial score (nSPS) is 14.1. The number of rotatable bonds is 8. The first-order valence-electron chi connectivity index (χ1n) is 12.8. The number of nitrogen functional groups attached to an aromatic ring is 1. The van der Waals surface area contributed by atoms with Crippen molar-refractivity contribution >= 4 is 52.9 Å². The van der Waals surface area contributed by atoms with Crippen LogP contribution in [0.1, 0.15) is 32.3 Å². The van der Waals surface area contributed by atoms with Crippen LogP contribution in [0.25, 0.3) is 34.0 Å². The molecule has 0 unspecified atom stereocenters. The zero-order valence-electron chi connectivity index (χ0n) is 22.2. The van der Waals surface area contributed by atoms with E-state index in [4.69, 9.17) is 15.0 Å². The van der Waals surface area contributed by atoms with Gasteiger partial charge in [-0.2, -0.15) is 0 Å². The third-order valence-electron chi connectivity index (χ3n) is 6.71. The van der Waals surface area contributed by atoms with Crippen LogP contribution in [0.15, 0.2) is 70.2 Å². The third-order valence-corrected chi connectivity index (χ3v) is 8.88. The van der Waals surface area contributed by atoms with Gasteiger partial charge in [-0.05, 0) is 44.4 Å². The SMILES string of the molecule is CC(C)S(=O)(=O)c1ccc(-c2cnc(N)c(-c3cc(-c4ccc(CNC5CCOCC5)cc4)no3)n2)cc1.II. The van der Waals surface area contributed by atoms with Crippen LogP contribution >= 0.6 is 37.2 Å². The molecule has 0 bridgehead atoms. The van der Waals surface area contributed by atoms with Crippen molar-refractivity contribution in [3.63, 3.8) is 0 Å². The topological polar surface area (TPSA) is 133 Å². The summed E-state index contributed by atoms with van der Waals surface area (Å²) >= 11 is 4.24. The molecule has 0 amide bonds. The summed E-state index contributed by atoms with van der Waals surface area (Å²) in [6.07, 6.45) is 3.63. The number of nitrogens with zero attached hydrogens (tertiary/aromatic N) is 3. The number of hydrogen-bond donors (Lipinski definition) is 2. The minimum absolute atomic E-state index is 0.213. The fourth-order valence-corrected chi connectivity index (χ4v) is 5.35. The Balaban J connectivity index is 0.00000181. The molecule has 1 aliphatic heterocycles. The predicted molar refractivity (Wildman–Crippen MR) is 174 cm³/mol. The molecule has 1 fully saturated rings. The van der Waals surface area contributed by atoms with E-state index < -0.39 is 15.1 Å². The van der Waals surface area contributed by atoms with Crippen molar-refractivity contribution in [1.29, 1.82) is 0 Å². The van der Waals surface area contributed by atoms with Gasteiger partial charge in [-0.15, -0.1) is 0 Å². The quantitative estimate of drug-likeness (QED) is 0.199. The van der Waals surface area contributed by atoms with E-state index in [1.54, 1.807) is 50.4 Å². The van der Waals surface area contributed by atoms with E-state index in [1.165, 1.54) is 5.56 Å². The van der Waals surface area contributed by atoms with Gasteiger partial charge in [0.25, 0.3) is 0 Å². The second-order valence-corrected chi connectivity index (χ2v) is 12.2. The summed E-state index contributed by atoms with van der Waals surface area (Å²) in [5.74, 6) is 0.612. The van der Waals surface area contributed by atoms with Crippen LogP contribution in [-0.2, 0) is 21.1 Å². The Labute approximate surface area is 257 Å². The first-order chi connectivity index (χ1) is 19.3. The maximum absolute atomic E-state index is 12.4. The number of anilines is 1. The lowest BCUT2D eigenvalue weighted by Gasteiger charge is -2.23. The third kappa shape index (κ3) is 7.38. The van der Waals surface area contributed by atoms with Gasteiger partial charge < -0.3 is 20.3 Å². The molecule has 1 saturated heterocycles. The lowest BCUT2D eigenvalue weighted by molar-refractivity contribution is 0.0776. The van der Waals surface area contributed by atoms with Gasteiger partial charge in [0.15, 0.2) is 27.1 Å². The Morgan fingerprint density at radius 2 is 1.62 bits per heavy atom. The van der Waals surface area contributed by atoms with E-state index in [0.717, 1.165) is 38.2 Å². The Morgan fingerprint density at radius 1 is 1.00 bits per heavy atom. The van der Waals surface area contributed by atoms with Crippen LogP contribution in [0.4, 0.5) is 5.82 Å². The molecule has 212 valence electrons. The summed E-state index contributed by atoms with van der Waals surface area (Å²) in [4.78, 5) is 9.19. The molecule has 0 radical (unpaired) electrons. The van der Waals surface area contributed by atoms with E-state index in [-0.39, 0.29) is 10.7 Å². The molecule has 9 nitrogen and oxygen atoms in total. The average molecular weight is 787 g/mol. The van der Waals surface area contributed by atoms with Gasteiger partial charge in [0.1, 0.15) is 5.69 Å². The summed E-state index contributed by atoms with van der Waals surface area (Å²) < 4.78 is 35.9. The summed E-state index contributed by atoms with van der Waals surface area (Å²) in [5, 5.41) is 7.31. The molecule has 0 atom stereocenters. The largest absolute Gasteiger partial charge is 0.382 e. The van der Waals surface area contributed by atoms with Gasteiger partial charge in [-0.3, -0.25) is 0 Å². The van der Waals surface area contributed by atoms with Crippen LogP contribution in [-0.4, -0.2) is 48.0 Å². The smallest absolute Gasteiger partial charge is 0.189 e. The van der Waals surface area contributed by atoms with Gasteiger partial charge >= 0.3 is 0 Å². The van der Waals surface area contributed by atoms with Crippen LogP contribution in [0.5, 0.6) is 0 Å². The Kier molecular flexibility index (Phi) is 10.9. The van der Waals surface area contributed by atoms with E-state index in [0.29, 0.717) is 34.4 Å². The number of nitrogens with one attached hydrogen (secondary N) is 1. The number of nitrogens with two attached hydrogens (primary N) is 1. The maximum Gasteiger partial charge on any atom is 0.189 e. The minimum atomic E-state index is -3.36. The number of ether oxygens (including phenoxy) is 1. The van der Waals surface area contributed by atoms with Gasteiger partial charge in [-0.1, -0.05) is 41.6 Å². The summed E-state index contributed by atoms with van der Waals surface area (Å²) in [7, 11) is -3.36. The van der Waals surface area contributed by atoms with Crippen molar-refractivity contribution in [3.05, 3.63) is 66.4 Å². The Hall–Kier alpha value is -2.14. The van der Waals surface area contributed by atoms with E-state index in [1.807, 2.05) is 12.1 Å². The van der Waals surface area contributed by atoms with Crippen LogP contribution in [0.2, 0.25) is 0 Å². The fraction of sp³-hybridized carbons (Fsp3) is 0.321. The van der Waals surface area contributed by atoms with Crippen LogP contribution in [0.3, 0.4) is 0 Å². The molecular weight excluding hydrogens is 756 g/mol. The molecule has 4 aromatic rings. The molecule has 0 aliphatic carbocycles. The van der Waals surface area contributed by atoms with Crippen molar-refractivity contribution in [2.45, 2.75) is 49.4 Å². The second kappa shape index (κ2) is 14.2. The molecule has 0 spiro atoms. The zero-order chi connectivity index (χ0) is 28.7. The molecule has 2 aromatic carbocycles. The van der Waals surface area contributed by atoms with Crippen molar-refractivity contribution in [1.82, 2.24) is 20.4 Å². The highest BCUT2D eigenvalue weighted by Crippen LogP contribution is 2.30. The van der Waals surface area contributed by atoms with Crippen LogP contribution < -0.4 is 11.1 Å². The van der Waals surface area contributed by atoms with E-state index in [9.17, 15) is 8.42 Å². The maximum atomic E-state index is 12.4. The van der Waals surface area contributed by atoms with Crippen LogP contribution in [0, 0.1) is 0 Å². The lowest BCUT2D eigenvalue weighted by Crippen LogP contribution is -2.34. The number of benzene rings is 2. The highest BCUT2D eigenvalue weighted by Gasteiger charge is 2.20. The summed E-state index contributed by atoms with van der Waals surface area (Å²) in [6.45, 7) is 5.76. The summed E-state index contributed by atoms with van der Waals surface area (Å²) in [6, 6.07) is 17.1. The van der Waals surface area contributed by atoms with E-state index in [2.05, 4.69) is 69.8 Å². The number of halogens is 2. The van der Waals surface area contributed by atoms with Gasteiger partial charge in [0, 0.05) is 80.2 Å². The predicted octanol–water partition coefficient (Wildman–Crippen LogP) is 6.27. The summed E-state index contributed by atoms with van der Waals surface area (Å²) in [5.41, 5.74) is 10.5. The molecule has 3 heterocycles. The standard InChI is InChI=1S/C28H31N5O4S.I2/c1-18(2)38(34,35)23-9-7-21(8-10-23)25-17-31-28(29)27(32-25)26-15-24(33-37-26)20-5-3-19(4-6-20)16-30-22-11-13-36-14-12-22;1-2/h3-10,15,17-18,22,30H,11-14,16H2,1-2H3,(H2,29,31);. The Bertz CT molecular complexity index is 1500. The van der Waals surface area contributed by atoms with Crippen molar-refractivity contribution in [2.75, 3.05) is 18.9 Å². The minimum Gasteiger partial charge on any atom is -0.382 e. The number of aromatic nitrogens is 3. The molecule has 3 N–H and O–H groups in total. The highest BCUT2D eigenvalue weighted by molar-refractivity contribution is 15.0. The van der Waals surface area contributed by atoms with Crippen molar-refractivity contribution < 1.29 is 17.7 Å². The number of hydrogen-bond acceptors (Lipinski definition) is 9. The molecule has 12 heteroatoms. The first-order valence-corrected chi connectivity index (χ1v) is 20.6. The highest BCUT2D eigenvalue weighted by atomic mass is 128. The molecular formula is C28H31I2N5O4S. The molecule has 1 aliphatic rings. The number of sulfone groups is 1. The first kappa shape index (κ1) is 30.8. The van der Waals surface area contributed by atoms with Gasteiger partial charge in [0.05, 0.1) is 22.0 Å². The van der Waals surface area contributed by atoms with Crippen molar-refractivity contribution in [2.24, 2.45) is 0 Å². The average Bonchev–Trinajstić information content (AvgIpc) is 3.48. The van der Waals surface area contributed by atoms with Gasteiger partial charge in [-0.25, -0.2) is 18.4 Å². The van der Waals surface area contributed by atoms with Gasteiger partial charge in [0.2, 0.25) is 0 Å². The second-order valence-electron chi connectivity index (χ2n) is 9.65. The van der Waals surface area contributed by atoms with E-state index >= 15 is 0 Å². The molecule has 5 rings (SSSR count). The molecule has 40 heavy (non-hydrogen) atoms.